The number of hydrogen-bond acceptors (Lipinski definition) is 6. The predicted molar refractivity (Wildman–Crippen MR) is 105 cm³/mol. The Morgan fingerprint density at radius 1 is 1.39 bits per heavy atom. The molecule has 2 atom stereocenters. The van der Waals surface area contributed by atoms with Crippen molar-refractivity contribution in [3.63, 3.8) is 0 Å². The second-order valence-electron chi connectivity index (χ2n) is 6.45. The number of carbonyl (C=O) groups excluding carboxylic acids is 4. The van der Waals surface area contributed by atoms with Crippen molar-refractivity contribution in [2.75, 3.05) is 25.9 Å². The molecule has 0 saturated carbocycles. The molecule has 0 spiro atoms. The Labute approximate surface area is 168 Å². The van der Waals surface area contributed by atoms with Crippen LogP contribution in [0.4, 0.5) is 0 Å². The normalized spacial score (nSPS) is 17.1. The van der Waals surface area contributed by atoms with Crippen molar-refractivity contribution in [3.8, 4) is 0 Å². The van der Waals surface area contributed by atoms with Gasteiger partial charge in [0, 0.05) is 38.3 Å². The van der Waals surface area contributed by atoms with Gasteiger partial charge in [-0.05, 0) is 18.6 Å². The molecule has 1 saturated heterocycles. The van der Waals surface area contributed by atoms with E-state index in [1.807, 2.05) is 0 Å². The summed E-state index contributed by atoms with van der Waals surface area (Å²) in [4.78, 5) is 57.1. The zero-order valence-electron chi connectivity index (χ0n) is 15.7. The molecule has 2 unspecified atom stereocenters. The van der Waals surface area contributed by atoms with Gasteiger partial charge in [0.1, 0.15) is 12.1 Å². The largest absolute Gasteiger partial charge is 0.357 e. The van der Waals surface area contributed by atoms with E-state index in [2.05, 4.69) is 38.5 Å². The minimum absolute atomic E-state index is 0.163. The third-order valence-electron chi connectivity index (χ3n) is 4.51. The van der Waals surface area contributed by atoms with Gasteiger partial charge in [-0.3, -0.25) is 19.2 Å². The van der Waals surface area contributed by atoms with E-state index in [-0.39, 0.29) is 43.0 Å². The highest BCUT2D eigenvalue weighted by molar-refractivity contribution is 7.80. The lowest BCUT2D eigenvalue weighted by molar-refractivity contribution is -0.139. The smallest absolute Gasteiger partial charge is 0.243 e. The number of H-pyrrole nitrogens is 1. The maximum Gasteiger partial charge on any atom is 0.243 e. The molecule has 1 fully saturated rings. The summed E-state index contributed by atoms with van der Waals surface area (Å²) in [5.41, 5.74) is 0.708. The highest BCUT2D eigenvalue weighted by Gasteiger charge is 2.35. The molecule has 11 heteroatoms. The molecular weight excluding hydrogens is 384 g/mol. The Morgan fingerprint density at radius 3 is 2.82 bits per heavy atom. The number of likely N-dealkylation sites (N-methyl/N-ethyl adjacent to an activating group) is 1. The summed E-state index contributed by atoms with van der Waals surface area (Å²) in [5.74, 6) is -0.914. The van der Waals surface area contributed by atoms with Gasteiger partial charge in [-0.15, -0.1) is 0 Å². The van der Waals surface area contributed by atoms with Crippen LogP contribution in [-0.4, -0.2) is 76.5 Å². The van der Waals surface area contributed by atoms with Crippen molar-refractivity contribution in [2.45, 2.75) is 37.8 Å². The molecule has 1 aromatic rings. The van der Waals surface area contributed by atoms with E-state index in [0.717, 1.165) is 0 Å². The van der Waals surface area contributed by atoms with E-state index in [9.17, 15) is 19.2 Å². The maximum absolute atomic E-state index is 12.8. The van der Waals surface area contributed by atoms with E-state index in [0.29, 0.717) is 30.8 Å². The molecule has 0 radical (unpaired) electrons. The van der Waals surface area contributed by atoms with Crippen LogP contribution in [0, 0.1) is 0 Å². The molecule has 1 aliphatic heterocycles. The maximum atomic E-state index is 12.8. The highest BCUT2D eigenvalue weighted by atomic mass is 32.1. The Balaban J connectivity index is 1.96. The Hall–Kier alpha value is -2.56. The Morgan fingerprint density at radius 2 is 2.18 bits per heavy atom. The summed E-state index contributed by atoms with van der Waals surface area (Å²) < 4.78 is 0. The average Bonchev–Trinajstić information content (AvgIpc) is 3.36. The molecule has 0 aliphatic carbocycles. The minimum Gasteiger partial charge on any atom is -0.357 e. The molecule has 1 aliphatic rings. The third-order valence-corrected chi connectivity index (χ3v) is 4.73. The van der Waals surface area contributed by atoms with Crippen molar-refractivity contribution >= 4 is 36.3 Å². The van der Waals surface area contributed by atoms with Crippen LogP contribution in [0.5, 0.6) is 0 Å². The van der Waals surface area contributed by atoms with Gasteiger partial charge in [-0.1, -0.05) is 0 Å². The van der Waals surface area contributed by atoms with Crippen LogP contribution >= 0.6 is 12.6 Å². The summed E-state index contributed by atoms with van der Waals surface area (Å²) >= 11 is 3.97. The summed E-state index contributed by atoms with van der Waals surface area (Å²) in [7, 11) is 1.49. The van der Waals surface area contributed by atoms with Crippen LogP contribution in [0.1, 0.15) is 25.0 Å². The number of carbonyl (C=O) groups is 4. The first kappa shape index (κ1) is 21.7. The predicted octanol–water partition coefficient (Wildman–Crippen LogP) is -1.39. The van der Waals surface area contributed by atoms with Crippen molar-refractivity contribution in [1.29, 1.82) is 0 Å². The van der Waals surface area contributed by atoms with Crippen LogP contribution in [0.2, 0.25) is 0 Å². The second kappa shape index (κ2) is 10.7. The van der Waals surface area contributed by atoms with Crippen LogP contribution in [0.3, 0.4) is 0 Å². The van der Waals surface area contributed by atoms with E-state index in [1.165, 1.54) is 18.3 Å². The molecule has 2 heterocycles. The summed E-state index contributed by atoms with van der Waals surface area (Å²) in [6.45, 7) is 0.272. The molecule has 10 nitrogen and oxygen atoms in total. The van der Waals surface area contributed by atoms with Crippen LogP contribution in [0.15, 0.2) is 12.5 Å². The van der Waals surface area contributed by atoms with Crippen LogP contribution < -0.4 is 16.0 Å². The van der Waals surface area contributed by atoms with E-state index in [4.69, 9.17) is 0 Å². The number of aromatic nitrogens is 2. The zero-order valence-corrected chi connectivity index (χ0v) is 16.6. The number of hydrogen-bond donors (Lipinski definition) is 5. The number of imidazole rings is 1. The highest BCUT2D eigenvalue weighted by Crippen LogP contribution is 2.18. The number of likely N-dealkylation sites (tertiary alicyclic amines) is 1. The monoisotopic (exact) mass is 410 g/mol. The molecular formula is C17H26N6O4S. The zero-order chi connectivity index (χ0) is 20.5. The van der Waals surface area contributed by atoms with Gasteiger partial charge in [-0.25, -0.2) is 4.98 Å². The first-order valence-corrected chi connectivity index (χ1v) is 9.75. The van der Waals surface area contributed by atoms with Crippen LogP contribution in [-0.2, 0) is 25.6 Å². The van der Waals surface area contributed by atoms with E-state index in [1.54, 1.807) is 6.20 Å². The van der Waals surface area contributed by atoms with Crippen LogP contribution in [0.25, 0.3) is 0 Å². The van der Waals surface area contributed by atoms with Gasteiger partial charge in [0.2, 0.25) is 23.6 Å². The van der Waals surface area contributed by atoms with Crippen molar-refractivity contribution < 1.29 is 19.2 Å². The molecule has 28 heavy (non-hydrogen) atoms. The Kier molecular flexibility index (Phi) is 8.30. The first-order valence-electron chi connectivity index (χ1n) is 9.12. The van der Waals surface area contributed by atoms with Gasteiger partial charge in [0.25, 0.3) is 0 Å². The number of amides is 4. The number of rotatable bonds is 9. The van der Waals surface area contributed by atoms with Crippen molar-refractivity contribution in [1.82, 2.24) is 30.8 Å². The first-order chi connectivity index (χ1) is 13.5. The molecule has 4 amide bonds. The fourth-order valence-corrected chi connectivity index (χ4v) is 3.27. The number of aromatic amines is 1. The lowest BCUT2D eigenvalue weighted by Gasteiger charge is -2.26. The molecule has 2 rings (SSSR count). The molecule has 0 bridgehead atoms. The number of nitrogens with zero attached hydrogens (tertiary/aromatic N) is 2. The fourth-order valence-electron chi connectivity index (χ4n) is 3.07. The summed E-state index contributed by atoms with van der Waals surface area (Å²) in [6.07, 6.45) is 4.75. The number of thiol groups is 1. The Bertz CT molecular complexity index is 696. The van der Waals surface area contributed by atoms with E-state index >= 15 is 0 Å². The average molecular weight is 411 g/mol. The lowest BCUT2D eigenvalue weighted by atomic mass is 10.1. The summed E-state index contributed by atoms with van der Waals surface area (Å²) in [6, 6.07) is -1.45. The van der Waals surface area contributed by atoms with Crippen molar-refractivity contribution in [2.24, 2.45) is 0 Å². The van der Waals surface area contributed by atoms with Gasteiger partial charge < -0.3 is 25.8 Å². The van der Waals surface area contributed by atoms with Gasteiger partial charge >= 0.3 is 0 Å². The quantitative estimate of drug-likeness (QED) is 0.319. The van der Waals surface area contributed by atoms with Crippen molar-refractivity contribution in [3.05, 3.63) is 18.2 Å². The standard InChI is InChI=1S/C17H26N6O4S/c1-18-16(26)12(7-11-8-19-10-21-11)22-17(27)13-3-2-5-23(13)15(25)9-20-14(24)4-6-28/h8,10,12-13,28H,2-7,9H2,1H3,(H,18,26)(H,19,21)(H,20,24)(H,22,27). The fraction of sp³-hybridized carbons (Fsp3) is 0.588. The lowest BCUT2D eigenvalue weighted by Crippen LogP contribution is -2.54. The molecule has 0 aromatic carbocycles. The second-order valence-corrected chi connectivity index (χ2v) is 6.90. The third kappa shape index (κ3) is 5.98. The van der Waals surface area contributed by atoms with Gasteiger partial charge in [0.05, 0.1) is 12.9 Å². The van der Waals surface area contributed by atoms with Gasteiger partial charge in [0.15, 0.2) is 0 Å². The molecule has 1 aromatic heterocycles. The SMILES string of the molecule is CNC(=O)C(Cc1cnc[nH]1)NC(=O)C1CCCN1C(=O)CNC(=O)CCS. The van der Waals surface area contributed by atoms with Gasteiger partial charge in [-0.2, -0.15) is 12.6 Å². The number of nitrogens with one attached hydrogen (secondary N) is 4. The molecule has 4 N–H and O–H groups in total. The molecule has 154 valence electrons. The minimum atomic E-state index is -0.786. The summed E-state index contributed by atoms with van der Waals surface area (Å²) in [5, 5.41) is 7.79. The van der Waals surface area contributed by atoms with E-state index < -0.39 is 12.1 Å². The topological polar surface area (TPSA) is 136 Å².